The minimum absolute atomic E-state index is 0.208. The lowest BCUT2D eigenvalue weighted by atomic mass is 9.94. The molecule has 112 valence electrons. The third kappa shape index (κ3) is 4.55. The zero-order valence-electron chi connectivity index (χ0n) is 13.2. The van der Waals surface area contributed by atoms with Gasteiger partial charge >= 0.3 is 5.97 Å². The molecule has 3 nitrogen and oxygen atoms in total. The summed E-state index contributed by atoms with van der Waals surface area (Å²) in [5.74, 6) is 1.51. The van der Waals surface area contributed by atoms with Crippen molar-refractivity contribution in [3.8, 4) is 5.75 Å². The van der Waals surface area contributed by atoms with Crippen LogP contribution in [0.3, 0.4) is 0 Å². The Labute approximate surface area is 122 Å². The van der Waals surface area contributed by atoms with Gasteiger partial charge in [0.05, 0.1) is 19.6 Å². The standard InChI is InChI=1S/C17H26O3/c1-6-19-16(18)10-11-20-17-14(12(2)3)8-7-9-15(17)13(4)5/h7-9,12-13H,6,10-11H2,1-5H3. The minimum atomic E-state index is -0.208. The normalized spacial score (nSPS) is 10.9. The van der Waals surface area contributed by atoms with Crippen LogP contribution in [0.1, 0.15) is 64.0 Å². The molecular formula is C17H26O3. The predicted molar refractivity (Wildman–Crippen MR) is 81.4 cm³/mol. The molecule has 0 aliphatic carbocycles. The summed E-state index contributed by atoms with van der Waals surface area (Å²) >= 11 is 0. The molecule has 0 N–H and O–H groups in total. The molecule has 0 spiro atoms. The summed E-state index contributed by atoms with van der Waals surface area (Å²) in [6, 6.07) is 6.26. The molecule has 1 rings (SSSR count). The van der Waals surface area contributed by atoms with Crippen LogP contribution in [0, 0.1) is 0 Å². The van der Waals surface area contributed by atoms with E-state index in [0.717, 1.165) is 5.75 Å². The van der Waals surface area contributed by atoms with Gasteiger partial charge in [-0.05, 0) is 29.9 Å². The second kappa shape index (κ2) is 7.93. The van der Waals surface area contributed by atoms with E-state index in [1.165, 1.54) is 11.1 Å². The summed E-state index contributed by atoms with van der Waals surface area (Å²) in [4.78, 5) is 11.4. The van der Waals surface area contributed by atoms with Gasteiger partial charge in [-0.25, -0.2) is 0 Å². The number of hydrogen-bond acceptors (Lipinski definition) is 3. The summed E-state index contributed by atoms with van der Waals surface area (Å²) in [6.07, 6.45) is 0.289. The van der Waals surface area contributed by atoms with Gasteiger partial charge in [0.25, 0.3) is 0 Å². The lowest BCUT2D eigenvalue weighted by Gasteiger charge is -2.19. The monoisotopic (exact) mass is 278 g/mol. The van der Waals surface area contributed by atoms with E-state index in [-0.39, 0.29) is 12.4 Å². The van der Waals surface area contributed by atoms with E-state index in [0.29, 0.717) is 25.0 Å². The zero-order valence-corrected chi connectivity index (χ0v) is 13.2. The van der Waals surface area contributed by atoms with Crippen LogP contribution in [0.15, 0.2) is 18.2 Å². The smallest absolute Gasteiger partial charge is 0.309 e. The van der Waals surface area contributed by atoms with E-state index in [9.17, 15) is 4.79 Å². The largest absolute Gasteiger partial charge is 0.492 e. The maximum atomic E-state index is 11.4. The number of carbonyl (C=O) groups is 1. The van der Waals surface area contributed by atoms with Crippen molar-refractivity contribution in [1.29, 1.82) is 0 Å². The Morgan fingerprint density at radius 1 is 1.10 bits per heavy atom. The Hall–Kier alpha value is -1.51. The lowest BCUT2D eigenvalue weighted by Crippen LogP contribution is -2.11. The Morgan fingerprint density at radius 3 is 2.10 bits per heavy atom. The number of ether oxygens (including phenoxy) is 2. The molecular weight excluding hydrogens is 252 g/mol. The molecule has 0 saturated carbocycles. The molecule has 0 aromatic heterocycles. The zero-order chi connectivity index (χ0) is 15.1. The molecule has 0 unspecified atom stereocenters. The molecule has 0 aliphatic heterocycles. The van der Waals surface area contributed by atoms with Gasteiger partial charge in [-0.15, -0.1) is 0 Å². The van der Waals surface area contributed by atoms with Crippen LogP contribution in [-0.2, 0) is 9.53 Å². The van der Waals surface area contributed by atoms with E-state index in [1.54, 1.807) is 0 Å². The summed E-state index contributed by atoms with van der Waals surface area (Å²) in [5, 5.41) is 0. The van der Waals surface area contributed by atoms with Crippen LogP contribution in [0.2, 0.25) is 0 Å². The number of carbonyl (C=O) groups excluding carboxylic acids is 1. The van der Waals surface area contributed by atoms with Gasteiger partial charge in [-0.3, -0.25) is 4.79 Å². The highest BCUT2D eigenvalue weighted by Gasteiger charge is 2.15. The number of benzene rings is 1. The topological polar surface area (TPSA) is 35.5 Å². The molecule has 0 saturated heterocycles. The van der Waals surface area contributed by atoms with Crippen molar-refractivity contribution in [2.45, 2.75) is 52.9 Å². The summed E-state index contributed by atoms with van der Waals surface area (Å²) in [5.41, 5.74) is 2.39. The fraction of sp³-hybridized carbons (Fsp3) is 0.588. The van der Waals surface area contributed by atoms with Gasteiger partial charge in [0, 0.05) is 0 Å². The van der Waals surface area contributed by atoms with Gasteiger partial charge in [0.15, 0.2) is 0 Å². The van der Waals surface area contributed by atoms with Crippen molar-refractivity contribution < 1.29 is 14.3 Å². The van der Waals surface area contributed by atoms with E-state index in [2.05, 4.69) is 45.9 Å². The number of hydrogen-bond donors (Lipinski definition) is 0. The molecule has 0 fully saturated rings. The number of rotatable bonds is 7. The SMILES string of the molecule is CCOC(=O)CCOc1c(C(C)C)cccc1C(C)C. The van der Waals surface area contributed by atoms with Crippen molar-refractivity contribution >= 4 is 5.97 Å². The fourth-order valence-corrected chi connectivity index (χ4v) is 2.12. The molecule has 1 aromatic rings. The van der Waals surface area contributed by atoms with Crippen LogP contribution >= 0.6 is 0 Å². The highest BCUT2D eigenvalue weighted by Crippen LogP contribution is 2.34. The minimum Gasteiger partial charge on any atom is -0.492 e. The van der Waals surface area contributed by atoms with Crippen molar-refractivity contribution in [2.75, 3.05) is 13.2 Å². The van der Waals surface area contributed by atoms with Gasteiger partial charge < -0.3 is 9.47 Å². The third-order valence-electron chi connectivity index (χ3n) is 3.18. The average Bonchev–Trinajstić information content (AvgIpc) is 2.38. The first-order chi connectivity index (χ1) is 9.47. The Morgan fingerprint density at radius 2 is 1.65 bits per heavy atom. The van der Waals surface area contributed by atoms with Gasteiger partial charge in [0.2, 0.25) is 0 Å². The van der Waals surface area contributed by atoms with Crippen LogP contribution < -0.4 is 4.74 Å². The van der Waals surface area contributed by atoms with E-state index >= 15 is 0 Å². The molecule has 0 atom stereocenters. The highest BCUT2D eigenvalue weighted by atomic mass is 16.5. The second-order valence-corrected chi connectivity index (χ2v) is 5.48. The van der Waals surface area contributed by atoms with Crippen LogP contribution in [0.4, 0.5) is 0 Å². The summed E-state index contributed by atoms with van der Waals surface area (Å²) < 4.78 is 10.8. The Balaban J connectivity index is 2.83. The highest BCUT2D eigenvalue weighted by molar-refractivity contribution is 5.69. The maximum Gasteiger partial charge on any atom is 0.309 e. The second-order valence-electron chi connectivity index (χ2n) is 5.48. The first-order valence-corrected chi connectivity index (χ1v) is 7.38. The average molecular weight is 278 g/mol. The molecule has 20 heavy (non-hydrogen) atoms. The molecule has 3 heteroatoms. The molecule has 0 radical (unpaired) electrons. The molecule has 0 heterocycles. The van der Waals surface area contributed by atoms with Crippen molar-refractivity contribution in [2.24, 2.45) is 0 Å². The first kappa shape index (κ1) is 16.5. The summed E-state index contributed by atoms with van der Waals surface area (Å²) in [6.45, 7) is 11.2. The summed E-state index contributed by atoms with van der Waals surface area (Å²) in [7, 11) is 0. The van der Waals surface area contributed by atoms with Crippen molar-refractivity contribution in [3.63, 3.8) is 0 Å². The van der Waals surface area contributed by atoms with Crippen LogP contribution in [-0.4, -0.2) is 19.2 Å². The van der Waals surface area contributed by atoms with Gasteiger partial charge in [-0.1, -0.05) is 45.9 Å². The van der Waals surface area contributed by atoms with Gasteiger partial charge in [0.1, 0.15) is 5.75 Å². The molecule has 0 aliphatic rings. The van der Waals surface area contributed by atoms with Crippen LogP contribution in [0.5, 0.6) is 5.75 Å². The molecule has 0 amide bonds. The van der Waals surface area contributed by atoms with Gasteiger partial charge in [-0.2, -0.15) is 0 Å². The Bertz CT molecular complexity index is 410. The van der Waals surface area contributed by atoms with Crippen molar-refractivity contribution in [1.82, 2.24) is 0 Å². The first-order valence-electron chi connectivity index (χ1n) is 7.38. The molecule has 0 bridgehead atoms. The number of para-hydroxylation sites is 1. The quantitative estimate of drug-likeness (QED) is 0.699. The van der Waals surface area contributed by atoms with E-state index in [4.69, 9.17) is 9.47 Å². The Kier molecular flexibility index (Phi) is 6.56. The van der Waals surface area contributed by atoms with Crippen molar-refractivity contribution in [3.05, 3.63) is 29.3 Å². The fourth-order valence-electron chi connectivity index (χ4n) is 2.12. The van der Waals surface area contributed by atoms with E-state index in [1.807, 2.05) is 6.92 Å². The number of esters is 1. The van der Waals surface area contributed by atoms with E-state index < -0.39 is 0 Å². The maximum absolute atomic E-state index is 11.4. The molecule has 1 aromatic carbocycles. The van der Waals surface area contributed by atoms with Crippen LogP contribution in [0.25, 0.3) is 0 Å². The predicted octanol–water partition coefficient (Wildman–Crippen LogP) is 4.27. The third-order valence-corrected chi connectivity index (χ3v) is 3.18. The lowest BCUT2D eigenvalue weighted by molar-refractivity contribution is -0.143.